The van der Waals surface area contributed by atoms with Crippen LogP contribution in [0.4, 0.5) is 17.1 Å². The largest absolute Gasteiger partial charge is 0.397 e. The highest BCUT2D eigenvalue weighted by molar-refractivity contribution is 6.04. The number of fused-ring (bicyclic) bond motifs is 1. The summed E-state index contributed by atoms with van der Waals surface area (Å²) in [6.45, 7) is 2.15. The highest BCUT2D eigenvalue weighted by Gasteiger charge is 2.30. The summed E-state index contributed by atoms with van der Waals surface area (Å²) in [5.41, 5.74) is 14.4. The zero-order chi connectivity index (χ0) is 12.4. The Morgan fingerprint density at radius 2 is 1.94 bits per heavy atom. The van der Waals surface area contributed by atoms with E-state index in [0.717, 1.165) is 36.9 Å². The number of carbonyl (C=O) groups is 1. The number of rotatable bonds is 4. The number of amides is 1. The molecule has 4 nitrogen and oxygen atoms in total. The number of anilines is 3. The first kappa shape index (κ1) is 11.8. The van der Waals surface area contributed by atoms with Gasteiger partial charge in [0.25, 0.3) is 0 Å². The molecule has 0 radical (unpaired) electrons. The van der Waals surface area contributed by atoms with Gasteiger partial charge in [0, 0.05) is 5.69 Å². The van der Waals surface area contributed by atoms with Gasteiger partial charge in [-0.05, 0) is 24.1 Å². The number of nitrogens with two attached hydrogens (primary N) is 2. The minimum absolute atomic E-state index is 0.0561. The molecule has 1 aliphatic heterocycles. The van der Waals surface area contributed by atoms with E-state index < -0.39 is 0 Å². The molecular weight excluding hydrogens is 214 g/mol. The Kier molecular flexibility index (Phi) is 3.22. The van der Waals surface area contributed by atoms with Crippen molar-refractivity contribution < 1.29 is 4.79 Å². The van der Waals surface area contributed by atoms with Crippen molar-refractivity contribution in [2.24, 2.45) is 0 Å². The van der Waals surface area contributed by atoms with Crippen molar-refractivity contribution in [1.82, 2.24) is 0 Å². The van der Waals surface area contributed by atoms with Crippen LogP contribution >= 0.6 is 0 Å². The summed E-state index contributed by atoms with van der Waals surface area (Å²) < 4.78 is 0. The van der Waals surface area contributed by atoms with Crippen molar-refractivity contribution in [2.45, 2.75) is 38.5 Å². The molecule has 17 heavy (non-hydrogen) atoms. The normalized spacial score (nSPS) is 17.9. The lowest BCUT2D eigenvalue weighted by Crippen LogP contribution is -2.11. The third-order valence-corrected chi connectivity index (χ3v) is 3.30. The predicted molar refractivity (Wildman–Crippen MR) is 70.8 cm³/mol. The summed E-state index contributed by atoms with van der Waals surface area (Å²) in [6.07, 6.45) is 4.27. The average Bonchev–Trinajstić information content (AvgIpc) is 2.57. The topological polar surface area (TPSA) is 81.1 Å². The van der Waals surface area contributed by atoms with E-state index in [1.165, 1.54) is 0 Å². The summed E-state index contributed by atoms with van der Waals surface area (Å²) in [5, 5.41) is 2.87. The number of unbranched alkanes of at least 4 members (excludes halogenated alkanes) is 2. The fraction of sp³-hybridized carbons (Fsp3) is 0.462. The molecule has 0 saturated heterocycles. The molecule has 1 aromatic rings. The van der Waals surface area contributed by atoms with Crippen LogP contribution in [0.25, 0.3) is 0 Å². The fourth-order valence-corrected chi connectivity index (χ4v) is 2.29. The first-order valence-corrected chi connectivity index (χ1v) is 6.13. The van der Waals surface area contributed by atoms with Crippen LogP contribution in [0.15, 0.2) is 12.1 Å². The van der Waals surface area contributed by atoms with Gasteiger partial charge in [0.1, 0.15) is 0 Å². The van der Waals surface area contributed by atoms with Gasteiger partial charge in [0.05, 0.1) is 17.3 Å². The minimum Gasteiger partial charge on any atom is -0.397 e. The Hall–Kier alpha value is -1.71. The molecule has 92 valence electrons. The van der Waals surface area contributed by atoms with E-state index in [2.05, 4.69) is 12.2 Å². The van der Waals surface area contributed by atoms with Crippen LogP contribution in [0.1, 0.15) is 44.1 Å². The first-order chi connectivity index (χ1) is 8.13. The van der Waals surface area contributed by atoms with Gasteiger partial charge >= 0.3 is 0 Å². The summed E-state index contributed by atoms with van der Waals surface area (Å²) in [6, 6.07) is 3.58. The lowest BCUT2D eigenvalue weighted by Gasteiger charge is -2.09. The van der Waals surface area contributed by atoms with Crippen molar-refractivity contribution in [1.29, 1.82) is 0 Å². The van der Waals surface area contributed by atoms with Crippen molar-refractivity contribution >= 4 is 23.0 Å². The second kappa shape index (κ2) is 4.65. The van der Waals surface area contributed by atoms with Crippen LogP contribution in [0, 0.1) is 0 Å². The summed E-state index contributed by atoms with van der Waals surface area (Å²) in [5.74, 6) is 0.0144. The smallest absolute Gasteiger partial charge is 0.232 e. The molecule has 2 rings (SSSR count). The Morgan fingerprint density at radius 1 is 1.24 bits per heavy atom. The van der Waals surface area contributed by atoms with E-state index in [4.69, 9.17) is 11.5 Å². The number of benzene rings is 1. The van der Waals surface area contributed by atoms with Crippen molar-refractivity contribution in [3.63, 3.8) is 0 Å². The third-order valence-electron chi connectivity index (χ3n) is 3.30. The second-order valence-corrected chi connectivity index (χ2v) is 4.61. The quantitative estimate of drug-likeness (QED) is 0.552. The molecule has 1 amide bonds. The summed E-state index contributed by atoms with van der Waals surface area (Å²) in [4.78, 5) is 11.9. The molecule has 0 spiro atoms. The van der Waals surface area contributed by atoms with Crippen LogP contribution in [-0.2, 0) is 4.79 Å². The number of nitrogens with one attached hydrogen (secondary N) is 1. The molecule has 1 atom stereocenters. The minimum atomic E-state index is -0.0561. The summed E-state index contributed by atoms with van der Waals surface area (Å²) >= 11 is 0. The van der Waals surface area contributed by atoms with Crippen LogP contribution in [0.3, 0.4) is 0 Å². The summed E-state index contributed by atoms with van der Waals surface area (Å²) in [7, 11) is 0. The van der Waals surface area contributed by atoms with Crippen LogP contribution in [0.2, 0.25) is 0 Å². The Morgan fingerprint density at radius 3 is 2.65 bits per heavy atom. The van der Waals surface area contributed by atoms with Gasteiger partial charge < -0.3 is 16.8 Å². The first-order valence-electron chi connectivity index (χ1n) is 6.13. The highest BCUT2D eigenvalue weighted by Crippen LogP contribution is 2.39. The Balaban J connectivity index is 2.21. The van der Waals surface area contributed by atoms with Crippen LogP contribution < -0.4 is 16.8 Å². The van der Waals surface area contributed by atoms with Crippen LogP contribution in [0.5, 0.6) is 0 Å². The molecule has 1 aromatic carbocycles. The zero-order valence-electron chi connectivity index (χ0n) is 10.1. The van der Waals surface area contributed by atoms with Crippen molar-refractivity contribution in [3.05, 3.63) is 17.7 Å². The third kappa shape index (κ3) is 2.20. The molecule has 0 aliphatic carbocycles. The van der Waals surface area contributed by atoms with Gasteiger partial charge in [-0.1, -0.05) is 26.2 Å². The van der Waals surface area contributed by atoms with E-state index in [0.29, 0.717) is 11.4 Å². The van der Waals surface area contributed by atoms with Gasteiger partial charge in [-0.25, -0.2) is 0 Å². The van der Waals surface area contributed by atoms with E-state index in [1.807, 2.05) is 6.07 Å². The van der Waals surface area contributed by atoms with Gasteiger partial charge in [-0.15, -0.1) is 0 Å². The van der Waals surface area contributed by atoms with Crippen molar-refractivity contribution in [2.75, 3.05) is 16.8 Å². The molecule has 0 aromatic heterocycles. The molecule has 0 fully saturated rings. The van der Waals surface area contributed by atoms with Gasteiger partial charge in [0.2, 0.25) is 5.91 Å². The Bertz CT molecular complexity index is 443. The predicted octanol–water partition coefficient (Wildman–Crippen LogP) is 2.47. The standard InChI is InChI=1S/C13H19N3O/c1-2-3-4-5-8-9-6-10(14)11(15)7-12(9)16-13(8)17/h6-8H,2-5,14-15H2,1H3,(H,16,17). The van der Waals surface area contributed by atoms with E-state index >= 15 is 0 Å². The zero-order valence-corrected chi connectivity index (χ0v) is 10.1. The average molecular weight is 233 g/mol. The van der Waals surface area contributed by atoms with E-state index in [9.17, 15) is 4.79 Å². The van der Waals surface area contributed by atoms with Gasteiger partial charge in [-0.2, -0.15) is 0 Å². The van der Waals surface area contributed by atoms with Crippen molar-refractivity contribution in [3.8, 4) is 0 Å². The number of hydrogen-bond acceptors (Lipinski definition) is 3. The van der Waals surface area contributed by atoms with Gasteiger partial charge in [0.15, 0.2) is 0 Å². The Labute approximate surface area is 101 Å². The molecule has 0 bridgehead atoms. The van der Waals surface area contributed by atoms with Crippen LogP contribution in [-0.4, -0.2) is 5.91 Å². The number of carbonyl (C=O) groups excluding carboxylic acids is 1. The monoisotopic (exact) mass is 233 g/mol. The molecule has 5 N–H and O–H groups in total. The lowest BCUT2D eigenvalue weighted by atomic mass is 9.94. The molecule has 1 unspecified atom stereocenters. The molecule has 4 heteroatoms. The fourth-order valence-electron chi connectivity index (χ4n) is 2.29. The van der Waals surface area contributed by atoms with E-state index in [1.54, 1.807) is 6.07 Å². The van der Waals surface area contributed by atoms with E-state index in [-0.39, 0.29) is 11.8 Å². The second-order valence-electron chi connectivity index (χ2n) is 4.61. The maximum absolute atomic E-state index is 11.9. The maximum Gasteiger partial charge on any atom is 0.232 e. The number of hydrogen-bond donors (Lipinski definition) is 3. The lowest BCUT2D eigenvalue weighted by molar-refractivity contribution is -0.117. The van der Waals surface area contributed by atoms with Gasteiger partial charge in [-0.3, -0.25) is 4.79 Å². The highest BCUT2D eigenvalue weighted by atomic mass is 16.2. The molecular formula is C13H19N3O. The SMILES string of the molecule is CCCCCC1C(=O)Nc2cc(N)c(N)cc21. The molecule has 1 heterocycles. The molecule has 0 saturated carbocycles. The number of nitrogen functional groups attached to an aromatic ring is 2. The molecule has 1 aliphatic rings. The maximum atomic E-state index is 11.9.